The molecule has 26 heavy (non-hydrogen) atoms. The molecule has 0 spiro atoms. The molecule has 6 heteroatoms. The van der Waals surface area contributed by atoms with E-state index in [9.17, 15) is 4.79 Å². The highest BCUT2D eigenvalue weighted by molar-refractivity contribution is 5.97. The number of anilines is 1. The monoisotopic (exact) mass is 356 g/mol. The lowest BCUT2D eigenvalue weighted by molar-refractivity contribution is -0.140. The summed E-state index contributed by atoms with van der Waals surface area (Å²) in [7, 11) is 3.20. The van der Waals surface area contributed by atoms with Crippen molar-refractivity contribution in [3.05, 3.63) is 48.5 Å². The van der Waals surface area contributed by atoms with E-state index in [1.807, 2.05) is 48.5 Å². The fraction of sp³-hybridized carbons (Fsp3) is 0.350. The van der Waals surface area contributed by atoms with Gasteiger partial charge in [0.05, 0.1) is 7.11 Å². The summed E-state index contributed by atoms with van der Waals surface area (Å²) in [5.74, 6) is 1.85. The molecule has 1 fully saturated rings. The molecule has 0 bridgehead atoms. The Kier molecular flexibility index (Phi) is 5.75. The van der Waals surface area contributed by atoms with Crippen LogP contribution in [-0.2, 0) is 9.53 Å². The van der Waals surface area contributed by atoms with Gasteiger partial charge in [-0.05, 0) is 62.3 Å². The zero-order valence-electron chi connectivity index (χ0n) is 15.1. The minimum absolute atomic E-state index is 0.111. The molecule has 1 aliphatic rings. The van der Waals surface area contributed by atoms with Gasteiger partial charge in [0.15, 0.2) is 11.5 Å². The zero-order chi connectivity index (χ0) is 18.4. The molecule has 1 saturated heterocycles. The molecule has 0 atom stereocenters. The summed E-state index contributed by atoms with van der Waals surface area (Å²) in [6.45, 7) is 1.54. The highest BCUT2D eigenvalue weighted by atomic mass is 16.5. The summed E-state index contributed by atoms with van der Waals surface area (Å²) in [5.41, 5.74) is -0.0602. The lowest BCUT2D eigenvalue weighted by Gasteiger charge is -2.34. The van der Waals surface area contributed by atoms with E-state index >= 15 is 0 Å². The van der Waals surface area contributed by atoms with Gasteiger partial charge in [-0.3, -0.25) is 4.79 Å². The summed E-state index contributed by atoms with van der Waals surface area (Å²) < 4.78 is 16.7. The van der Waals surface area contributed by atoms with Gasteiger partial charge in [-0.25, -0.2) is 0 Å². The van der Waals surface area contributed by atoms with Crippen molar-refractivity contribution >= 4 is 11.6 Å². The third kappa shape index (κ3) is 3.98. The average Bonchev–Trinajstić information content (AvgIpc) is 2.70. The Balaban J connectivity index is 1.67. The molecule has 138 valence electrons. The number of hydrogen-bond donors (Lipinski definition) is 2. The average molecular weight is 356 g/mol. The minimum Gasteiger partial charge on any atom is -0.493 e. The smallest absolute Gasteiger partial charge is 0.256 e. The first-order chi connectivity index (χ1) is 12.7. The minimum atomic E-state index is -0.766. The van der Waals surface area contributed by atoms with Crippen LogP contribution in [0.15, 0.2) is 48.5 Å². The van der Waals surface area contributed by atoms with Crippen LogP contribution in [0.5, 0.6) is 17.2 Å². The number of carbonyl (C=O) groups is 1. The third-order valence-corrected chi connectivity index (χ3v) is 4.62. The highest BCUT2D eigenvalue weighted by Gasteiger charge is 2.39. The van der Waals surface area contributed by atoms with E-state index in [0.29, 0.717) is 35.8 Å². The fourth-order valence-electron chi connectivity index (χ4n) is 3.04. The van der Waals surface area contributed by atoms with E-state index in [-0.39, 0.29) is 5.91 Å². The van der Waals surface area contributed by atoms with Crippen molar-refractivity contribution in [1.82, 2.24) is 5.32 Å². The van der Waals surface area contributed by atoms with E-state index in [0.717, 1.165) is 13.1 Å². The molecule has 0 unspecified atom stereocenters. The maximum Gasteiger partial charge on any atom is 0.256 e. The number of piperidine rings is 1. The summed E-state index contributed by atoms with van der Waals surface area (Å²) in [6, 6.07) is 14.7. The summed E-state index contributed by atoms with van der Waals surface area (Å²) in [4.78, 5) is 12.7. The molecule has 1 amide bonds. The molecule has 0 saturated carbocycles. The van der Waals surface area contributed by atoms with Gasteiger partial charge in [-0.15, -0.1) is 0 Å². The lowest BCUT2D eigenvalue weighted by Crippen LogP contribution is -2.51. The maximum atomic E-state index is 12.7. The van der Waals surface area contributed by atoms with Crippen LogP contribution in [-0.4, -0.2) is 38.8 Å². The normalized spacial score (nSPS) is 15.9. The van der Waals surface area contributed by atoms with E-state index < -0.39 is 5.60 Å². The molecule has 6 nitrogen and oxygen atoms in total. The van der Waals surface area contributed by atoms with E-state index in [4.69, 9.17) is 14.2 Å². The number of rotatable bonds is 6. The first-order valence-corrected chi connectivity index (χ1v) is 8.65. The molecular weight excluding hydrogens is 332 g/mol. The van der Waals surface area contributed by atoms with Gasteiger partial charge in [0.2, 0.25) is 0 Å². The Bertz CT molecular complexity index is 740. The number of ether oxygens (including phenoxy) is 3. The maximum absolute atomic E-state index is 12.7. The molecule has 2 N–H and O–H groups in total. The third-order valence-electron chi connectivity index (χ3n) is 4.62. The summed E-state index contributed by atoms with van der Waals surface area (Å²) in [6.07, 6.45) is 1.31. The topological polar surface area (TPSA) is 68.8 Å². The predicted molar refractivity (Wildman–Crippen MR) is 100.0 cm³/mol. The number of nitrogens with one attached hydrogen (secondary N) is 2. The molecule has 1 aliphatic heterocycles. The fourth-order valence-corrected chi connectivity index (χ4v) is 3.04. The molecular formula is C20H24N2O4. The van der Waals surface area contributed by atoms with Crippen LogP contribution in [0, 0.1) is 0 Å². The van der Waals surface area contributed by atoms with Crippen LogP contribution in [0.2, 0.25) is 0 Å². The molecule has 0 aromatic heterocycles. The van der Waals surface area contributed by atoms with Crippen LogP contribution in [0.3, 0.4) is 0 Å². The second kappa shape index (κ2) is 8.21. The first kappa shape index (κ1) is 18.2. The zero-order valence-corrected chi connectivity index (χ0v) is 15.1. The number of para-hydroxylation sites is 2. The quantitative estimate of drug-likeness (QED) is 0.832. The second-order valence-electron chi connectivity index (χ2n) is 6.18. The van der Waals surface area contributed by atoms with Crippen molar-refractivity contribution < 1.29 is 19.0 Å². The van der Waals surface area contributed by atoms with Crippen molar-refractivity contribution in [3.63, 3.8) is 0 Å². The number of methoxy groups -OCH3 is 2. The molecule has 2 aromatic rings. The molecule has 0 radical (unpaired) electrons. The number of hydrogen-bond acceptors (Lipinski definition) is 5. The number of amides is 1. The summed E-state index contributed by atoms with van der Waals surface area (Å²) in [5, 5.41) is 6.19. The van der Waals surface area contributed by atoms with Crippen molar-refractivity contribution in [2.45, 2.75) is 18.4 Å². The van der Waals surface area contributed by atoms with Gasteiger partial charge in [-0.1, -0.05) is 12.1 Å². The van der Waals surface area contributed by atoms with E-state index in [1.165, 1.54) is 0 Å². The van der Waals surface area contributed by atoms with Gasteiger partial charge in [0, 0.05) is 12.8 Å². The van der Waals surface area contributed by atoms with Gasteiger partial charge >= 0.3 is 0 Å². The van der Waals surface area contributed by atoms with Crippen LogP contribution in [0.4, 0.5) is 5.69 Å². The lowest BCUT2D eigenvalue weighted by atomic mass is 9.91. The molecule has 3 rings (SSSR count). The standard InChI is InChI=1S/C20H24N2O4/c1-24-17-5-3-4-6-18(17)26-16-9-7-15(8-10-16)22-19(23)20(25-2)11-13-21-14-12-20/h3-10,21H,11-14H2,1-2H3,(H,22,23). The Labute approximate surface area is 153 Å². The predicted octanol–water partition coefficient (Wildman–Crippen LogP) is 3.19. The first-order valence-electron chi connectivity index (χ1n) is 8.65. The highest BCUT2D eigenvalue weighted by Crippen LogP contribution is 2.31. The van der Waals surface area contributed by atoms with Crippen molar-refractivity contribution in [1.29, 1.82) is 0 Å². The van der Waals surface area contributed by atoms with Crippen LogP contribution in [0.25, 0.3) is 0 Å². The van der Waals surface area contributed by atoms with E-state index in [2.05, 4.69) is 10.6 Å². The van der Waals surface area contributed by atoms with Gasteiger partial charge < -0.3 is 24.8 Å². The molecule has 2 aromatic carbocycles. The SMILES string of the molecule is COc1ccccc1Oc1ccc(NC(=O)C2(OC)CCNCC2)cc1. The Morgan fingerprint density at radius 3 is 2.27 bits per heavy atom. The van der Waals surface area contributed by atoms with Gasteiger partial charge in [-0.2, -0.15) is 0 Å². The molecule has 0 aliphatic carbocycles. The van der Waals surface area contributed by atoms with E-state index in [1.54, 1.807) is 14.2 Å². The van der Waals surface area contributed by atoms with Crippen molar-refractivity contribution in [2.24, 2.45) is 0 Å². The Morgan fingerprint density at radius 1 is 1.00 bits per heavy atom. The van der Waals surface area contributed by atoms with Crippen LogP contribution < -0.4 is 20.1 Å². The van der Waals surface area contributed by atoms with Crippen molar-refractivity contribution in [2.75, 3.05) is 32.6 Å². The Morgan fingerprint density at radius 2 is 1.65 bits per heavy atom. The van der Waals surface area contributed by atoms with Crippen molar-refractivity contribution in [3.8, 4) is 17.2 Å². The summed E-state index contributed by atoms with van der Waals surface area (Å²) >= 11 is 0. The number of carbonyl (C=O) groups excluding carboxylic acids is 1. The van der Waals surface area contributed by atoms with Gasteiger partial charge in [0.1, 0.15) is 11.4 Å². The van der Waals surface area contributed by atoms with Crippen LogP contribution >= 0.6 is 0 Å². The number of benzene rings is 2. The van der Waals surface area contributed by atoms with Gasteiger partial charge in [0.25, 0.3) is 5.91 Å². The molecule has 1 heterocycles. The largest absolute Gasteiger partial charge is 0.493 e. The second-order valence-corrected chi connectivity index (χ2v) is 6.18. The Hall–Kier alpha value is -2.57. The van der Waals surface area contributed by atoms with Crippen LogP contribution in [0.1, 0.15) is 12.8 Å².